The first-order valence-electron chi connectivity index (χ1n) is 15.4. The lowest BCUT2D eigenvalue weighted by molar-refractivity contribution is -0.683. The quantitative estimate of drug-likeness (QED) is 0.101. The van der Waals surface area contributed by atoms with Gasteiger partial charge in [-0.15, -0.1) is 0 Å². The third kappa shape index (κ3) is 15.2. The second kappa shape index (κ2) is 21.8. The van der Waals surface area contributed by atoms with Crippen LogP contribution < -0.4 is 31.6 Å². The van der Waals surface area contributed by atoms with Gasteiger partial charge in [-0.2, -0.15) is 4.57 Å². The highest BCUT2D eigenvalue weighted by Crippen LogP contribution is 2.24. The van der Waals surface area contributed by atoms with Crippen LogP contribution in [0.2, 0.25) is 5.02 Å². The molecule has 0 fully saturated rings. The van der Waals surface area contributed by atoms with E-state index in [0.29, 0.717) is 11.6 Å². The minimum Gasteiger partial charge on any atom is -1.00 e. The Bertz CT molecular complexity index is 1090. The molecule has 0 aliphatic rings. The Morgan fingerprint density at radius 1 is 0.854 bits per heavy atom. The zero-order valence-corrected chi connectivity index (χ0v) is 27.9. The molecule has 4 nitrogen and oxygen atoms in total. The van der Waals surface area contributed by atoms with E-state index in [4.69, 9.17) is 16.3 Å². The lowest BCUT2D eigenvalue weighted by atomic mass is 10.0. The number of hydrogen-bond acceptors (Lipinski definition) is 3. The number of halogens is 2. The molecule has 1 N–H and O–H groups in total. The fourth-order valence-corrected chi connectivity index (χ4v) is 5.72. The van der Waals surface area contributed by atoms with Crippen LogP contribution >= 0.6 is 22.9 Å². The van der Waals surface area contributed by atoms with Crippen molar-refractivity contribution in [1.29, 1.82) is 0 Å². The van der Waals surface area contributed by atoms with Crippen molar-refractivity contribution in [2.24, 2.45) is 0 Å². The molecular weight excluding hydrogens is 616 g/mol. The molecule has 1 aromatic heterocycles. The number of carbonyl (C=O) groups excluding carboxylic acids is 1. The number of amides is 1. The van der Waals surface area contributed by atoms with Crippen molar-refractivity contribution in [1.82, 2.24) is 0 Å². The van der Waals surface area contributed by atoms with Crippen LogP contribution in [0.5, 0.6) is 5.75 Å². The molecule has 0 atom stereocenters. The number of hydrogen-bond donors (Lipinski definition) is 1. The maximum atomic E-state index is 12.6. The minimum absolute atomic E-state index is 0. The van der Waals surface area contributed by atoms with Crippen LogP contribution in [-0.4, -0.2) is 12.5 Å². The van der Waals surface area contributed by atoms with Crippen LogP contribution in [0.25, 0.3) is 0 Å². The second-order valence-corrected chi connectivity index (χ2v) is 12.0. The Kier molecular flexibility index (Phi) is 18.7. The molecular formula is C34H48BrClN2O2S. The topological polar surface area (TPSA) is 42.2 Å². The maximum absolute atomic E-state index is 12.6. The van der Waals surface area contributed by atoms with Gasteiger partial charge >= 0.3 is 0 Å². The Balaban J connectivity index is 0.00000588. The zero-order chi connectivity index (χ0) is 28.3. The van der Waals surface area contributed by atoms with E-state index in [1.54, 1.807) is 11.3 Å². The van der Waals surface area contributed by atoms with Gasteiger partial charge in [0.25, 0.3) is 0 Å². The van der Waals surface area contributed by atoms with Crippen LogP contribution in [-0.2, 0) is 17.8 Å². The van der Waals surface area contributed by atoms with Gasteiger partial charge in [0.05, 0.1) is 18.4 Å². The number of rotatable bonds is 21. The van der Waals surface area contributed by atoms with Crippen molar-refractivity contribution in [3.8, 4) is 5.75 Å². The Labute approximate surface area is 267 Å². The first-order valence-corrected chi connectivity index (χ1v) is 16.7. The van der Waals surface area contributed by atoms with E-state index in [1.807, 2.05) is 42.5 Å². The molecule has 0 saturated heterocycles. The summed E-state index contributed by atoms with van der Waals surface area (Å²) in [6, 6.07) is 13.6. The molecule has 0 bridgehead atoms. The number of nitrogens with one attached hydrogen (secondary N) is 1. The summed E-state index contributed by atoms with van der Waals surface area (Å²) in [4.78, 5) is 12.6. The van der Waals surface area contributed by atoms with E-state index in [-0.39, 0.29) is 29.3 Å². The van der Waals surface area contributed by atoms with Gasteiger partial charge in [-0.05, 0) is 36.2 Å². The summed E-state index contributed by atoms with van der Waals surface area (Å²) in [5.41, 5.74) is 4.85. The molecule has 0 aliphatic carbocycles. The van der Waals surface area contributed by atoms with E-state index in [1.165, 1.54) is 89.0 Å². The van der Waals surface area contributed by atoms with Gasteiger partial charge in [-0.25, -0.2) is 0 Å². The van der Waals surface area contributed by atoms with Gasteiger partial charge in [0.2, 0.25) is 11.4 Å². The minimum atomic E-state index is -0.0852. The van der Waals surface area contributed by atoms with Crippen LogP contribution in [0.1, 0.15) is 108 Å². The summed E-state index contributed by atoms with van der Waals surface area (Å²) in [6.45, 7) is 3.80. The summed E-state index contributed by atoms with van der Waals surface area (Å²) < 4.78 is 8.04. The third-order valence-corrected chi connectivity index (χ3v) is 8.30. The summed E-state index contributed by atoms with van der Waals surface area (Å²) >= 11 is 8.15. The molecule has 1 amide bonds. The fraction of sp³-hybridized carbons (Fsp3) is 0.529. The van der Waals surface area contributed by atoms with E-state index in [9.17, 15) is 4.79 Å². The number of ether oxygens (including phenoxy) is 1. The molecule has 1 heterocycles. The summed E-state index contributed by atoms with van der Waals surface area (Å²) in [5.74, 6) is 0.681. The average Bonchev–Trinajstić information content (AvgIpc) is 3.46. The van der Waals surface area contributed by atoms with Gasteiger partial charge in [0.1, 0.15) is 5.75 Å². The standard InChI is InChI=1S/C34H47ClN2O2S.BrH/c1-2-3-4-5-6-7-8-9-10-11-12-13-14-15-23-39-32-21-18-30(33(35)26-32)25-34(38)36-31-19-16-29(17-20-31)27-37-22-24-40-28-37;/h16-22,24,26,28H,2-15,23,25,27H2,1H3;1H. The number of nitrogens with zero attached hydrogens (tertiary/aromatic N) is 1. The molecule has 3 aromatic rings. The molecule has 3 rings (SSSR count). The highest BCUT2D eigenvalue weighted by atomic mass is 79.9. The van der Waals surface area contributed by atoms with Crippen LogP contribution in [0.15, 0.2) is 59.6 Å². The maximum Gasteiger partial charge on any atom is 0.228 e. The van der Waals surface area contributed by atoms with Crippen molar-refractivity contribution in [3.63, 3.8) is 0 Å². The number of thiazole rings is 1. The molecule has 0 spiro atoms. The molecule has 7 heteroatoms. The summed E-state index contributed by atoms with van der Waals surface area (Å²) in [7, 11) is 0. The van der Waals surface area contributed by atoms with Gasteiger partial charge in [0, 0.05) is 16.3 Å². The number of aromatic nitrogens is 1. The van der Waals surface area contributed by atoms with Gasteiger partial charge in [-0.3, -0.25) is 4.79 Å². The summed E-state index contributed by atoms with van der Waals surface area (Å²) in [6.07, 6.45) is 21.2. The fourth-order valence-electron chi connectivity index (χ4n) is 4.88. The molecule has 41 heavy (non-hydrogen) atoms. The van der Waals surface area contributed by atoms with E-state index in [2.05, 4.69) is 33.9 Å². The molecule has 0 saturated carbocycles. The first-order chi connectivity index (χ1) is 19.6. The predicted molar refractivity (Wildman–Crippen MR) is 170 cm³/mol. The Hall–Kier alpha value is -1.89. The van der Waals surface area contributed by atoms with Crippen LogP contribution in [0.4, 0.5) is 5.69 Å². The van der Waals surface area contributed by atoms with E-state index >= 15 is 0 Å². The van der Waals surface area contributed by atoms with Gasteiger partial charge in [-0.1, -0.05) is 132 Å². The largest absolute Gasteiger partial charge is 1.00 e. The number of carbonyl (C=O) groups is 1. The van der Waals surface area contributed by atoms with Gasteiger partial charge < -0.3 is 27.0 Å². The van der Waals surface area contributed by atoms with Crippen molar-refractivity contribution < 1.29 is 31.1 Å². The monoisotopic (exact) mass is 662 g/mol. The van der Waals surface area contributed by atoms with Crippen LogP contribution in [0.3, 0.4) is 0 Å². The highest BCUT2D eigenvalue weighted by Gasteiger charge is 2.10. The van der Waals surface area contributed by atoms with Gasteiger partial charge in [0.15, 0.2) is 12.7 Å². The molecule has 0 aliphatic heterocycles. The molecule has 2 aromatic carbocycles. The summed E-state index contributed by atoms with van der Waals surface area (Å²) in [5, 5.41) is 5.59. The number of anilines is 1. The van der Waals surface area contributed by atoms with Crippen molar-refractivity contribution in [2.75, 3.05) is 11.9 Å². The lowest BCUT2D eigenvalue weighted by Crippen LogP contribution is -3.00. The molecule has 226 valence electrons. The number of benzene rings is 2. The van der Waals surface area contributed by atoms with Crippen molar-refractivity contribution in [2.45, 2.75) is 110 Å². The van der Waals surface area contributed by atoms with Crippen molar-refractivity contribution in [3.05, 3.63) is 75.7 Å². The third-order valence-electron chi connectivity index (χ3n) is 7.27. The normalized spacial score (nSPS) is 10.8. The zero-order valence-electron chi connectivity index (χ0n) is 24.7. The first kappa shape index (κ1) is 35.3. The Morgan fingerprint density at radius 3 is 2.02 bits per heavy atom. The smallest absolute Gasteiger partial charge is 0.228 e. The predicted octanol–water partition coefficient (Wildman–Crippen LogP) is 6.78. The van der Waals surface area contributed by atoms with Crippen molar-refractivity contribution >= 4 is 34.5 Å². The SMILES string of the molecule is CCCCCCCCCCCCCCCCOc1ccc(CC(=O)Nc2ccc(C[n+]3ccsc3)cc2)c(Cl)c1.[Br-]. The average molecular weight is 664 g/mol. The second-order valence-electron chi connectivity index (χ2n) is 10.8. The molecule has 0 radical (unpaired) electrons. The van der Waals surface area contributed by atoms with E-state index in [0.717, 1.165) is 30.0 Å². The molecule has 0 unspecified atom stereocenters. The lowest BCUT2D eigenvalue weighted by Gasteiger charge is -2.10. The van der Waals surface area contributed by atoms with Crippen LogP contribution in [0, 0.1) is 0 Å². The highest BCUT2D eigenvalue weighted by molar-refractivity contribution is 7.07. The Morgan fingerprint density at radius 2 is 1.46 bits per heavy atom. The van der Waals surface area contributed by atoms with E-state index < -0.39 is 0 Å². The number of unbranched alkanes of at least 4 members (excludes halogenated alkanes) is 13.